The van der Waals surface area contributed by atoms with Gasteiger partial charge in [0.25, 0.3) is 11.9 Å². The van der Waals surface area contributed by atoms with Crippen LogP contribution in [0.25, 0.3) is 0 Å². The fraction of sp³-hybridized carbons (Fsp3) is 0.429. The first-order chi connectivity index (χ1) is 9.67. The van der Waals surface area contributed by atoms with Crippen molar-refractivity contribution < 1.29 is 18.7 Å². The van der Waals surface area contributed by atoms with Gasteiger partial charge >= 0.3 is 0 Å². The number of nitrogens with one attached hydrogen (secondary N) is 1. The number of amidine groups is 1. The topological polar surface area (TPSA) is 59.9 Å². The number of amides is 1. The Hall–Kier alpha value is -1.95. The van der Waals surface area contributed by atoms with Gasteiger partial charge < -0.3 is 9.47 Å². The van der Waals surface area contributed by atoms with Crippen LogP contribution >= 0.6 is 0 Å². The quantitative estimate of drug-likeness (QED) is 0.493. The van der Waals surface area contributed by atoms with E-state index in [1.807, 2.05) is 6.92 Å². The average Bonchev–Trinajstić information content (AvgIpc) is 2.44. The van der Waals surface area contributed by atoms with Crippen molar-refractivity contribution in [3.63, 3.8) is 0 Å². The molecule has 0 aliphatic heterocycles. The highest BCUT2D eigenvalue weighted by atomic mass is 19.1. The second-order valence-corrected chi connectivity index (χ2v) is 3.99. The van der Waals surface area contributed by atoms with Gasteiger partial charge in [-0.15, -0.1) is 0 Å². The van der Waals surface area contributed by atoms with Crippen molar-refractivity contribution in [2.24, 2.45) is 4.99 Å². The number of aliphatic imine (C=N–C) groups is 1. The number of benzene rings is 1. The summed E-state index contributed by atoms with van der Waals surface area (Å²) in [6.45, 7) is 3.17. The minimum absolute atomic E-state index is 0.123. The molecule has 5 nitrogen and oxygen atoms in total. The van der Waals surface area contributed by atoms with Crippen LogP contribution in [-0.2, 0) is 9.47 Å². The van der Waals surface area contributed by atoms with Crippen LogP contribution in [0, 0.1) is 5.82 Å². The lowest BCUT2D eigenvalue weighted by molar-refractivity contribution is 0.0953. The Bertz CT molecular complexity index is 463. The van der Waals surface area contributed by atoms with E-state index < -0.39 is 11.7 Å². The van der Waals surface area contributed by atoms with Gasteiger partial charge in [0.15, 0.2) is 0 Å². The average molecular weight is 282 g/mol. The maximum absolute atomic E-state index is 13.1. The zero-order chi connectivity index (χ0) is 14.8. The molecule has 0 atom stereocenters. The molecule has 0 spiro atoms. The summed E-state index contributed by atoms with van der Waals surface area (Å²) in [5.41, 5.74) is 0.213. The first-order valence-electron chi connectivity index (χ1n) is 6.40. The molecule has 0 fully saturated rings. The zero-order valence-corrected chi connectivity index (χ0v) is 11.7. The molecular formula is C14H19FN2O3. The highest BCUT2D eigenvalue weighted by molar-refractivity contribution is 6.04. The molecule has 6 heteroatoms. The standard InChI is InChI=1S/C14H19FN2O3/c1-3-7-16-14(20-9-8-19-2)17-13(18)11-5-4-6-12(15)10-11/h4-6,10H,3,7-9H2,1-2H3,(H,16,17,18). The Balaban J connectivity index is 2.66. The maximum Gasteiger partial charge on any atom is 0.291 e. The van der Waals surface area contributed by atoms with Crippen LogP contribution in [0.5, 0.6) is 0 Å². The summed E-state index contributed by atoms with van der Waals surface area (Å²) in [5.74, 6) is -0.929. The second kappa shape index (κ2) is 9.03. The summed E-state index contributed by atoms with van der Waals surface area (Å²) < 4.78 is 23.2. The van der Waals surface area contributed by atoms with E-state index in [0.717, 1.165) is 12.5 Å². The monoisotopic (exact) mass is 282 g/mol. The van der Waals surface area contributed by atoms with Gasteiger partial charge in [0, 0.05) is 19.2 Å². The van der Waals surface area contributed by atoms with E-state index in [9.17, 15) is 9.18 Å². The Morgan fingerprint density at radius 3 is 2.85 bits per heavy atom. The summed E-state index contributed by atoms with van der Waals surface area (Å²) in [6.07, 6.45) is 0.826. The van der Waals surface area contributed by atoms with Gasteiger partial charge in [-0.3, -0.25) is 10.1 Å². The fourth-order valence-electron chi connectivity index (χ4n) is 1.36. The van der Waals surface area contributed by atoms with E-state index in [1.54, 1.807) is 7.11 Å². The molecule has 0 saturated carbocycles. The van der Waals surface area contributed by atoms with Crippen LogP contribution in [0.15, 0.2) is 29.3 Å². The van der Waals surface area contributed by atoms with Gasteiger partial charge in [0.1, 0.15) is 12.4 Å². The van der Waals surface area contributed by atoms with Crippen molar-refractivity contribution in [2.75, 3.05) is 26.9 Å². The van der Waals surface area contributed by atoms with Gasteiger partial charge in [0.05, 0.1) is 6.61 Å². The van der Waals surface area contributed by atoms with E-state index >= 15 is 0 Å². The third kappa shape index (κ3) is 5.79. The SMILES string of the molecule is CCCN=C(NC(=O)c1cccc(F)c1)OCCOC. The predicted molar refractivity (Wildman–Crippen MR) is 74.3 cm³/mol. The number of carbonyl (C=O) groups excluding carboxylic acids is 1. The number of halogens is 1. The van der Waals surface area contributed by atoms with Crippen LogP contribution in [0.4, 0.5) is 4.39 Å². The lowest BCUT2D eigenvalue weighted by Crippen LogP contribution is -2.33. The van der Waals surface area contributed by atoms with Crippen molar-refractivity contribution in [1.82, 2.24) is 5.32 Å². The molecule has 1 rings (SSSR count). The van der Waals surface area contributed by atoms with Gasteiger partial charge in [-0.1, -0.05) is 13.0 Å². The van der Waals surface area contributed by atoms with Crippen molar-refractivity contribution >= 4 is 11.9 Å². The van der Waals surface area contributed by atoms with Gasteiger partial charge in [-0.05, 0) is 24.6 Å². The number of hydrogen-bond donors (Lipinski definition) is 1. The Morgan fingerprint density at radius 2 is 2.20 bits per heavy atom. The Morgan fingerprint density at radius 1 is 1.40 bits per heavy atom. The fourth-order valence-corrected chi connectivity index (χ4v) is 1.36. The lowest BCUT2D eigenvalue weighted by Gasteiger charge is -2.10. The number of methoxy groups -OCH3 is 1. The van der Waals surface area contributed by atoms with Crippen LogP contribution in [0.2, 0.25) is 0 Å². The molecule has 0 unspecified atom stereocenters. The Kier molecular flexibility index (Phi) is 7.27. The second-order valence-electron chi connectivity index (χ2n) is 3.99. The summed E-state index contributed by atoms with van der Waals surface area (Å²) in [4.78, 5) is 16.0. The molecule has 0 heterocycles. The van der Waals surface area contributed by atoms with Gasteiger partial charge in [0.2, 0.25) is 0 Å². The van der Waals surface area contributed by atoms with Crippen LogP contribution in [0.3, 0.4) is 0 Å². The molecular weight excluding hydrogens is 263 g/mol. The third-order valence-corrected chi connectivity index (χ3v) is 2.31. The lowest BCUT2D eigenvalue weighted by atomic mass is 10.2. The molecule has 0 aromatic heterocycles. The van der Waals surface area contributed by atoms with E-state index in [-0.39, 0.29) is 18.2 Å². The summed E-state index contributed by atoms with van der Waals surface area (Å²) in [7, 11) is 1.55. The van der Waals surface area contributed by atoms with Crippen molar-refractivity contribution in [2.45, 2.75) is 13.3 Å². The summed E-state index contributed by atoms with van der Waals surface area (Å²) >= 11 is 0. The highest BCUT2D eigenvalue weighted by Crippen LogP contribution is 2.03. The normalized spacial score (nSPS) is 11.2. The highest BCUT2D eigenvalue weighted by Gasteiger charge is 2.10. The van der Waals surface area contributed by atoms with E-state index in [0.29, 0.717) is 13.2 Å². The van der Waals surface area contributed by atoms with E-state index in [1.165, 1.54) is 18.2 Å². The molecule has 110 valence electrons. The molecule has 0 aliphatic rings. The molecule has 1 N–H and O–H groups in total. The predicted octanol–water partition coefficient (Wildman–Crippen LogP) is 1.98. The van der Waals surface area contributed by atoms with Crippen LogP contribution in [0.1, 0.15) is 23.7 Å². The molecule has 20 heavy (non-hydrogen) atoms. The van der Waals surface area contributed by atoms with Gasteiger partial charge in [-0.2, -0.15) is 0 Å². The van der Waals surface area contributed by atoms with Crippen molar-refractivity contribution in [3.8, 4) is 0 Å². The number of rotatable bonds is 6. The zero-order valence-electron chi connectivity index (χ0n) is 11.7. The molecule has 0 radical (unpaired) electrons. The van der Waals surface area contributed by atoms with Gasteiger partial charge in [-0.25, -0.2) is 9.38 Å². The minimum atomic E-state index is -0.468. The minimum Gasteiger partial charge on any atom is -0.463 e. The number of carbonyl (C=O) groups is 1. The number of nitrogens with zero attached hydrogens (tertiary/aromatic N) is 1. The molecule has 0 saturated heterocycles. The maximum atomic E-state index is 13.1. The molecule has 1 amide bonds. The largest absolute Gasteiger partial charge is 0.463 e. The third-order valence-electron chi connectivity index (χ3n) is 2.31. The first kappa shape index (κ1) is 16.1. The summed E-state index contributed by atoms with van der Waals surface area (Å²) in [5, 5.41) is 2.52. The molecule has 0 bridgehead atoms. The Labute approximate surface area is 117 Å². The summed E-state index contributed by atoms with van der Waals surface area (Å²) in [6, 6.07) is 5.54. The number of hydrogen-bond acceptors (Lipinski definition) is 4. The smallest absolute Gasteiger partial charge is 0.291 e. The molecule has 1 aromatic rings. The van der Waals surface area contributed by atoms with Crippen molar-refractivity contribution in [3.05, 3.63) is 35.6 Å². The molecule has 0 aliphatic carbocycles. The first-order valence-corrected chi connectivity index (χ1v) is 6.40. The van der Waals surface area contributed by atoms with Crippen molar-refractivity contribution in [1.29, 1.82) is 0 Å². The van der Waals surface area contributed by atoms with Crippen LogP contribution < -0.4 is 5.32 Å². The van der Waals surface area contributed by atoms with E-state index in [2.05, 4.69) is 10.3 Å². The van der Waals surface area contributed by atoms with Crippen LogP contribution in [-0.4, -0.2) is 38.8 Å². The molecule has 1 aromatic carbocycles. The van der Waals surface area contributed by atoms with E-state index in [4.69, 9.17) is 9.47 Å². The number of ether oxygens (including phenoxy) is 2.